The average molecular weight is 387 g/mol. The van der Waals surface area contributed by atoms with Crippen LogP contribution in [0.25, 0.3) is 11.4 Å². The molecule has 1 atom stereocenters. The highest BCUT2D eigenvalue weighted by Gasteiger charge is 2.23. The lowest BCUT2D eigenvalue weighted by atomic mass is 9.84. The first kappa shape index (κ1) is 20.0. The molecule has 1 aliphatic carbocycles. The molecule has 1 fully saturated rings. The van der Waals surface area contributed by atoms with E-state index in [4.69, 9.17) is 4.52 Å². The molecule has 1 saturated carbocycles. The van der Waals surface area contributed by atoms with Gasteiger partial charge in [0.05, 0.1) is 11.3 Å². The van der Waals surface area contributed by atoms with E-state index in [1.165, 1.54) is 44.2 Å². The Morgan fingerprint density at radius 1 is 1.25 bits per heavy atom. The van der Waals surface area contributed by atoms with Crippen molar-refractivity contribution in [1.82, 2.24) is 10.1 Å². The van der Waals surface area contributed by atoms with E-state index in [1.54, 1.807) is 12.1 Å². The summed E-state index contributed by atoms with van der Waals surface area (Å²) < 4.78 is 5.34. The van der Waals surface area contributed by atoms with Gasteiger partial charge in [-0.3, -0.25) is 14.9 Å². The summed E-state index contributed by atoms with van der Waals surface area (Å²) in [6.45, 7) is 0. The monoisotopic (exact) mass is 387 g/mol. The molecule has 0 radical (unpaired) electrons. The number of nitrogens with zero attached hydrogens (tertiary/aromatic N) is 3. The molecule has 8 heteroatoms. The number of aromatic nitrogens is 2. The van der Waals surface area contributed by atoms with Crippen LogP contribution >= 0.6 is 0 Å². The Bertz CT molecular complexity index is 796. The van der Waals surface area contributed by atoms with Gasteiger partial charge in [0.15, 0.2) is 0 Å². The fraction of sp³-hybridized carbons (Fsp3) is 0.550. The fourth-order valence-electron chi connectivity index (χ4n) is 3.90. The lowest BCUT2D eigenvalue weighted by Crippen LogP contribution is -2.09. The fourth-order valence-corrected chi connectivity index (χ4v) is 3.90. The second-order valence-electron chi connectivity index (χ2n) is 7.49. The number of carbonyl (C=O) groups is 1. The molecule has 1 aliphatic rings. The number of carboxylic acid groups (broad SMARTS) is 1. The number of non-ortho nitro benzene ring substituents is 1. The number of aliphatic carboxylic acids is 1. The van der Waals surface area contributed by atoms with Crippen molar-refractivity contribution in [3.63, 3.8) is 0 Å². The van der Waals surface area contributed by atoms with Crippen LogP contribution in [0.1, 0.15) is 69.6 Å². The molecule has 0 unspecified atom stereocenters. The van der Waals surface area contributed by atoms with Gasteiger partial charge in [0.1, 0.15) is 0 Å². The van der Waals surface area contributed by atoms with Crippen LogP contribution in [-0.2, 0) is 4.79 Å². The first-order valence-corrected chi connectivity index (χ1v) is 9.83. The summed E-state index contributed by atoms with van der Waals surface area (Å²) in [5.41, 5.74) is 0.579. The van der Waals surface area contributed by atoms with E-state index in [-0.39, 0.29) is 18.0 Å². The highest BCUT2D eigenvalue weighted by molar-refractivity contribution is 5.67. The Hall–Kier alpha value is -2.77. The topological polar surface area (TPSA) is 119 Å². The largest absolute Gasteiger partial charge is 0.481 e. The predicted molar refractivity (Wildman–Crippen MR) is 102 cm³/mol. The van der Waals surface area contributed by atoms with Gasteiger partial charge >= 0.3 is 5.97 Å². The molecule has 0 amide bonds. The van der Waals surface area contributed by atoms with Crippen molar-refractivity contribution in [2.45, 2.75) is 63.7 Å². The van der Waals surface area contributed by atoms with Crippen molar-refractivity contribution in [3.8, 4) is 11.4 Å². The molecule has 150 valence electrons. The first-order valence-electron chi connectivity index (χ1n) is 9.83. The highest BCUT2D eigenvalue weighted by Crippen LogP contribution is 2.31. The standard InChI is InChI=1S/C20H25N3O5/c24-18(25)13-16(8-4-7-14-5-2-1-3-6-14)20-21-19(22-28-20)15-9-11-17(12-10-15)23(26)27/h9-12,14,16H,1-8,13H2,(H,24,25)/t16-/m1/s1. The van der Waals surface area contributed by atoms with Crippen LogP contribution in [0.15, 0.2) is 28.8 Å². The summed E-state index contributed by atoms with van der Waals surface area (Å²) in [7, 11) is 0. The van der Waals surface area contributed by atoms with Gasteiger partial charge in [0, 0.05) is 23.6 Å². The van der Waals surface area contributed by atoms with Crippen LogP contribution in [0.2, 0.25) is 0 Å². The normalized spacial score (nSPS) is 16.0. The molecule has 1 N–H and O–H groups in total. The van der Waals surface area contributed by atoms with Crippen molar-refractivity contribution in [2.75, 3.05) is 0 Å². The minimum absolute atomic E-state index is 0.0149. The number of benzene rings is 1. The van der Waals surface area contributed by atoms with Crippen molar-refractivity contribution in [2.24, 2.45) is 5.92 Å². The molecular formula is C20H25N3O5. The lowest BCUT2D eigenvalue weighted by molar-refractivity contribution is -0.384. The third-order valence-electron chi connectivity index (χ3n) is 5.44. The van der Waals surface area contributed by atoms with Crippen molar-refractivity contribution in [3.05, 3.63) is 40.3 Å². The second kappa shape index (κ2) is 9.43. The Balaban J connectivity index is 1.65. The maximum absolute atomic E-state index is 11.3. The molecule has 3 rings (SSSR count). The molecular weight excluding hydrogens is 362 g/mol. The molecule has 1 heterocycles. The van der Waals surface area contributed by atoms with Crippen LogP contribution in [0.4, 0.5) is 5.69 Å². The van der Waals surface area contributed by atoms with E-state index in [0.717, 1.165) is 18.8 Å². The summed E-state index contributed by atoms with van der Waals surface area (Å²) in [5, 5.41) is 23.9. The van der Waals surface area contributed by atoms with E-state index in [9.17, 15) is 20.0 Å². The maximum Gasteiger partial charge on any atom is 0.304 e. The molecule has 0 bridgehead atoms. The smallest absolute Gasteiger partial charge is 0.304 e. The summed E-state index contributed by atoms with van der Waals surface area (Å²) in [4.78, 5) is 25.9. The van der Waals surface area contributed by atoms with Crippen LogP contribution < -0.4 is 0 Å². The van der Waals surface area contributed by atoms with E-state index >= 15 is 0 Å². The van der Waals surface area contributed by atoms with Gasteiger partial charge in [0.2, 0.25) is 11.7 Å². The molecule has 0 aliphatic heterocycles. The zero-order chi connectivity index (χ0) is 19.9. The number of nitro groups is 1. The highest BCUT2D eigenvalue weighted by atomic mass is 16.6. The zero-order valence-electron chi connectivity index (χ0n) is 15.7. The number of carboxylic acids is 1. The second-order valence-corrected chi connectivity index (χ2v) is 7.49. The molecule has 8 nitrogen and oxygen atoms in total. The Morgan fingerprint density at radius 3 is 2.61 bits per heavy atom. The first-order chi connectivity index (χ1) is 13.5. The van der Waals surface area contributed by atoms with Gasteiger partial charge in [-0.2, -0.15) is 4.98 Å². The minimum atomic E-state index is -0.891. The van der Waals surface area contributed by atoms with Gasteiger partial charge in [-0.05, 0) is 24.5 Å². The van der Waals surface area contributed by atoms with Crippen LogP contribution in [0.3, 0.4) is 0 Å². The summed E-state index contributed by atoms with van der Waals surface area (Å²) in [6.07, 6.45) is 9.17. The number of hydrogen-bond acceptors (Lipinski definition) is 6. The van der Waals surface area contributed by atoms with Crippen LogP contribution in [0.5, 0.6) is 0 Å². The Kier molecular flexibility index (Phi) is 6.73. The number of nitro benzene ring substituents is 1. The van der Waals surface area contributed by atoms with Gasteiger partial charge in [-0.1, -0.05) is 50.1 Å². The molecule has 1 aromatic heterocycles. The quantitative estimate of drug-likeness (QED) is 0.477. The summed E-state index contributed by atoms with van der Waals surface area (Å²) >= 11 is 0. The van der Waals surface area contributed by atoms with Crippen molar-refractivity contribution in [1.29, 1.82) is 0 Å². The van der Waals surface area contributed by atoms with Crippen LogP contribution in [0, 0.1) is 16.0 Å². The predicted octanol–water partition coefficient (Wildman–Crippen LogP) is 4.95. The Labute approximate surface area is 163 Å². The number of hydrogen-bond donors (Lipinski definition) is 1. The van der Waals surface area contributed by atoms with Gasteiger partial charge in [-0.15, -0.1) is 0 Å². The average Bonchev–Trinajstić information content (AvgIpc) is 3.18. The minimum Gasteiger partial charge on any atom is -0.481 e. The van der Waals surface area contributed by atoms with Crippen molar-refractivity contribution < 1.29 is 19.3 Å². The molecule has 2 aromatic rings. The molecule has 0 saturated heterocycles. The van der Waals surface area contributed by atoms with E-state index < -0.39 is 10.9 Å². The third kappa shape index (κ3) is 5.37. The summed E-state index contributed by atoms with van der Waals surface area (Å²) in [6, 6.07) is 5.87. The third-order valence-corrected chi connectivity index (χ3v) is 5.44. The molecule has 0 spiro atoms. The van der Waals surface area contributed by atoms with Crippen LogP contribution in [-0.4, -0.2) is 26.1 Å². The maximum atomic E-state index is 11.3. The SMILES string of the molecule is O=C(O)C[C@@H](CCCC1CCCCC1)c1nc(-c2ccc([N+](=O)[O-])cc2)no1. The number of rotatable bonds is 9. The van der Waals surface area contributed by atoms with E-state index in [2.05, 4.69) is 10.1 Å². The van der Waals surface area contributed by atoms with Gasteiger partial charge in [0.25, 0.3) is 5.69 Å². The van der Waals surface area contributed by atoms with Gasteiger partial charge < -0.3 is 9.63 Å². The van der Waals surface area contributed by atoms with Crippen molar-refractivity contribution >= 4 is 11.7 Å². The molecule has 1 aromatic carbocycles. The zero-order valence-corrected chi connectivity index (χ0v) is 15.7. The van der Waals surface area contributed by atoms with Gasteiger partial charge in [-0.25, -0.2) is 0 Å². The van der Waals surface area contributed by atoms with E-state index in [1.807, 2.05) is 0 Å². The van der Waals surface area contributed by atoms with E-state index in [0.29, 0.717) is 23.7 Å². The molecule has 28 heavy (non-hydrogen) atoms. The summed E-state index contributed by atoms with van der Waals surface area (Å²) in [5.74, 6) is 0.169. The Morgan fingerprint density at radius 2 is 1.96 bits per heavy atom. The lowest BCUT2D eigenvalue weighted by Gasteiger charge is -2.21.